The highest BCUT2D eigenvalue weighted by molar-refractivity contribution is 7.89. The molecule has 6 heteroatoms. The van der Waals surface area contributed by atoms with Crippen molar-refractivity contribution in [2.24, 2.45) is 0 Å². The second kappa shape index (κ2) is 7.58. The van der Waals surface area contributed by atoms with Gasteiger partial charge in [0, 0.05) is 24.7 Å². The summed E-state index contributed by atoms with van der Waals surface area (Å²) in [5.41, 5.74) is 0. The molecule has 1 saturated carbocycles. The average molecular weight is 378 g/mol. The Morgan fingerprint density at radius 1 is 0.962 bits per heavy atom. The molecule has 0 spiro atoms. The molecule has 1 aliphatic carbocycles. The molecule has 4 rings (SSSR count). The Balaban J connectivity index is 1.41. The van der Waals surface area contributed by atoms with Crippen LogP contribution in [0.1, 0.15) is 38.5 Å². The molecule has 2 heterocycles. The lowest BCUT2D eigenvalue weighted by atomic mass is 10.0. The number of hydrogen-bond acceptors (Lipinski definition) is 4. The van der Waals surface area contributed by atoms with E-state index < -0.39 is 10.0 Å². The van der Waals surface area contributed by atoms with Crippen molar-refractivity contribution in [3.8, 4) is 0 Å². The van der Waals surface area contributed by atoms with Gasteiger partial charge < -0.3 is 9.80 Å². The van der Waals surface area contributed by atoms with Gasteiger partial charge in [-0.05, 0) is 77.3 Å². The van der Waals surface area contributed by atoms with Gasteiger partial charge in [0.05, 0.1) is 4.90 Å². The maximum absolute atomic E-state index is 13.2. The fourth-order valence-corrected chi connectivity index (χ4v) is 6.55. The third-order valence-electron chi connectivity index (χ3n) is 6.28. The quantitative estimate of drug-likeness (QED) is 0.764. The van der Waals surface area contributed by atoms with E-state index >= 15 is 0 Å². The van der Waals surface area contributed by atoms with Crippen molar-refractivity contribution >= 4 is 10.0 Å². The Hall–Kier alpha value is -0.950. The van der Waals surface area contributed by atoms with Crippen LogP contribution >= 0.6 is 0 Å². The van der Waals surface area contributed by atoms with Gasteiger partial charge >= 0.3 is 0 Å². The Kier molecular flexibility index (Phi) is 5.37. The summed E-state index contributed by atoms with van der Waals surface area (Å²) >= 11 is 0. The van der Waals surface area contributed by atoms with Gasteiger partial charge in [-0.1, -0.05) is 18.2 Å². The largest absolute Gasteiger partial charge is 0.302 e. The zero-order valence-electron chi connectivity index (χ0n) is 15.8. The minimum atomic E-state index is -3.38. The van der Waals surface area contributed by atoms with E-state index in [0.717, 1.165) is 45.3 Å². The highest BCUT2D eigenvalue weighted by Gasteiger charge is 2.43. The molecule has 0 N–H and O–H groups in total. The Morgan fingerprint density at radius 3 is 2.19 bits per heavy atom. The molecule has 2 saturated heterocycles. The third kappa shape index (κ3) is 3.84. The van der Waals surface area contributed by atoms with Crippen molar-refractivity contribution in [1.82, 2.24) is 14.1 Å². The second-order valence-electron chi connectivity index (χ2n) is 8.19. The molecule has 3 aliphatic rings. The summed E-state index contributed by atoms with van der Waals surface area (Å²) < 4.78 is 28.3. The molecular formula is C20H31N3O2S. The van der Waals surface area contributed by atoms with E-state index in [1.807, 2.05) is 22.5 Å². The monoisotopic (exact) mass is 377 g/mol. The number of likely N-dealkylation sites (N-methyl/N-ethyl adjacent to an activating group) is 1. The van der Waals surface area contributed by atoms with Gasteiger partial charge in [0.2, 0.25) is 10.0 Å². The van der Waals surface area contributed by atoms with Crippen molar-refractivity contribution in [2.45, 2.75) is 61.5 Å². The molecular weight excluding hydrogens is 346 g/mol. The summed E-state index contributed by atoms with van der Waals surface area (Å²) in [5, 5.41) is 0. The first-order valence-electron chi connectivity index (χ1n) is 10.1. The first-order valence-corrected chi connectivity index (χ1v) is 11.5. The van der Waals surface area contributed by atoms with Crippen LogP contribution in [0.25, 0.3) is 0 Å². The molecule has 0 radical (unpaired) electrons. The number of rotatable bonds is 6. The summed E-state index contributed by atoms with van der Waals surface area (Å²) in [4.78, 5) is 5.47. The van der Waals surface area contributed by atoms with E-state index in [2.05, 4.69) is 16.8 Å². The van der Waals surface area contributed by atoms with E-state index in [0.29, 0.717) is 10.9 Å². The standard InChI is InChI=1S/C20H31N3O2S/c1-21-13-5-6-19(21)16-22-14-11-18(12-15-22)23(17-9-10-17)26(24,25)20-7-3-2-4-8-20/h2-4,7-8,17-19H,5-6,9-16H2,1H3/t19-/m1/s1. The van der Waals surface area contributed by atoms with E-state index in [-0.39, 0.29) is 12.1 Å². The molecule has 0 aromatic heterocycles. The van der Waals surface area contributed by atoms with Crippen LogP contribution in [0.5, 0.6) is 0 Å². The molecule has 5 nitrogen and oxygen atoms in total. The minimum Gasteiger partial charge on any atom is -0.302 e. The lowest BCUT2D eigenvalue weighted by Crippen LogP contribution is -2.50. The minimum absolute atomic E-state index is 0.158. The smallest absolute Gasteiger partial charge is 0.243 e. The Morgan fingerprint density at radius 2 is 1.62 bits per heavy atom. The SMILES string of the molecule is CN1CCC[C@@H]1CN1CCC(N(C2CC2)S(=O)(=O)c2ccccc2)CC1. The lowest BCUT2D eigenvalue weighted by Gasteiger charge is -2.39. The van der Waals surface area contributed by atoms with Crippen LogP contribution in [0.15, 0.2) is 35.2 Å². The highest BCUT2D eigenvalue weighted by atomic mass is 32.2. The molecule has 0 unspecified atom stereocenters. The molecule has 0 bridgehead atoms. The fraction of sp³-hybridized carbons (Fsp3) is 0.700. The van der Waals surface area contributed by atoms with Crippen LogP contribution in [0.2, 0.25) is 0 Å². The number of sulfonamides is 1. The van der Waals surface area contributed by atoms with Gasteiger partial charge in [0.25, 0.3) is 0 Å². The van der Waals surface area contributed by atoms with Gasteiger partial charge in [-0.3, -0.25) is 0 Å². The topological polar surface area (TPSA) is 43.9 Å². The first-order chi connectivity index (χ1) is 12.6. The molecule has 3 fully saturated rings. The summed E-state index contributed by atoms with van der Waals surface area (Å²) in [6, 6.07) is 10.0. The Labute approximate surface area is 158 Å². The van der Waals surface area contributed by atoms with Gasteiger partial charge in [-0.15, -0.1) is 0 Å². The number of benzene rings is 1. The van der Waals surface area contributed by atoms with Gasteiger partial charge in [0.1, 0.15) is 0 Å². The number of likely N-dealkylation sites (tertiary alicyclic amines) is 2. The van der Waals surface area contributed by atoms with Crippen molar-refractivity contribution in [1.29, 1.82) is 0 Å². The van der Waals surface area contributed by atoms with Gasteiger partial charge in [-0.25, -0.2) is 8.42 Å². The maximum atomic E-state index is 13.2. The molecule has 1 aromatic rings. The van der Waals surface area contributed by atoms with Crippen LogP contribution in [0, 0.1) is 0 Å². The van der Waals surface area contributed by atoms with E-state index in [9.17, 15) is 8.42 Å². The molecule has 26 heavy (non-hydrogen) atoms. The zero-order valence-corrected chi connectivity index (χ0v) is 16.6. The summed E-state index contributed by atoms with van der Waals surface area (Å²) in [6.07, 6.45) is 6.55. The second-order valence-corrected chi connectivity index (χ2v) is 10.0. The Bertz CT molecular complexity index is 697. The maximum Gasteiger partial charge on any atom is 0.243 e. The summed E-state index contributed by atoms with van der Waals surface area (Å²) in [5.74, 6) is 0. The lowest BCUT2D eigenvalue weighted by molar-refractivity contribution is 0.128. The van der Waals surface area contributed by atoms with Crippen molar-refractivity contribution < 1.29 is 8.42 Å². The van der Waals surface area contributed by atoms with E-state index in [4.69, 9.17) is 0 Å². The third-order valence-corrected chi connectivity index (χ3v) is 8.30. The highest BCUT2D eigenvalue weighted by Crippen LogP contribution is 2.36. The first kappa shape index (κ1) is 18.4. The predicted octanol–water partition coefficient (Wildman–Crippen LogP) is 2.40. The van der Waals surface area contributed by atoms with Gasteiger partial charge in [0.15, 0.2) is 0 Å². The average Bonchev–Trinajstić information content (AvgIpc) is 3.40. The molecule has 2 aliphatic heterocycles. The molecule has 1 aromatic carbocycles. The van der Waals surface area contributed by atoms with Crippen LogP contribution in [-0.4, -0.2) is 73.9 Å². The summed E-state index contributed by atoms with van der Waals surface area (Å²) in [6.45, 7) is 4.38. The van der Waals surface area contributed by atoms with E-state index in [1.165, 1.54) is 19.4 Å². The van der Waals surface area contributed by atoms with Crippen molar-refractivity contribution in [2.75, 3.05) is 33.2 Å². The zero-order chi connectivity index (χ0) is 18.1. The number of piperidine rings is 1. The van der Waals surface area contributed by atoms with Crippen LogP contribution in [0.3, 0.4) is 0 Å². The number of hydrogen-bond donors (Lipinski definition) is 0. The molecule has 0 amide bonds. The number of nitrogens with zero attached hydrogens (tertiary/aromatic N) is 3. The van der Waals surface area contributed by atoms with Crippen LogP contribution in [0.4, 0.5) is 0 Å². The van der Waals surface area contributed by atoms with Crippen LogP contribution in [-0.2, 0) is 10.0 Å². The van der Waals surface area contributed by atoms with Crippen molar-refractivity contribution in [3.63, 3.8) is 0 Å². The van der Waals surface area contributed by atoms with Crippen molar-refractivity contribution in [3.05, 3.63) is 30.3 Å². The molecule has 1 atom stereocenters. The summed E-state index contributed by atoms with van der Waals surface area (Å²) in [7, 11) is -1.15. The molecule has 144 valence electrons. The van der Waals surface area contributed by atoms with Gasteiger partial charge in [-0.2, -0.15) is 4.31 Å². The predicted molar refractivity (Wildman–Crippen MR) is 104 cm³/mol. The van der Waals surface area contributed by atoms with E-state index in [1.54, 1.807) is 12.1 Å². The normalized spacial score (nSPS) is 26.6. The fourth-order valence-electron chi connectivity index (χ4n) is 4.60. The van der Waals surface area contributed by atoms with Crippen LogP contribution < -0.4 is 0 Å².